The van der Waals surface area contributed by atoms with Crippen LogP contribution in [0.25, 0.3) is 11.0 Å². The van der Waals surface area contributed by atoms with Gasteiger partial charge in [-0.1, -0.05) is 0 Å². The minimum absolute atomic E-state index is 0.239. The van der Waals surface area contributed by atoms with Crippen LogP contribution in [0.1, 0.15) is 26.1 Å². The molecule has 1 aromatic carbocycles. The number of sulfone groups is 1. The Morgan fingerprint density at radius 3 is 2.63 bits per heavy atom. The van der Waals surface area contributed by atoms with Gasteiger partial charge in [-0.3, -0.25) is 0 Å². The molecule has 2 aromatic rings. The molecule has 0 amide bonds. The fraction of sp³-hybridized carbons (Fsp3) is 0.462. The number of hydrogen-bond donors (Lipinski definition) is 2. The molecule has 0 saturated heterocycles. The maximum atomic E-state index is 11.5. The number of H-pyrrole nitrogens is 1. The number of nitrogens with zero attached hydrogens (tertiary/aromatic N) is 1. The van der Waals surface area contributed by atoms with Gasteiger partial charge in [0, 0.05) is 18.2 Å². The van der Waals surface area contributed by atoms with Crippen molar-refractivity contribution in [1.82, 2.24) is 9.97 Å². The van der Waals surface area contributed by atoms with Gasteiger partial charge in [0.05, 0.1) is 15.9 Å². The van der Waals surface area contributed by atoms with Crippen LogP contribution in [0.4, 0.5) is 0 Å². The number of fused-ring (bicyclic) bond motifs is 1. The van der Waals surface area contributed by atoms with E-state index in [1.165, 1.54) is 6.26 Å². The summed E-state index contributed by atoms with van der Waals surface area (Å²) in [5.41, 5.74) is 7.22. The van der Waals surface area contributed by atoms with Gasteiger partial charge < -0.3 is 10.7 Å². The van der Waals surface area contributed by atoms with Crippen molar-refractivity contribution in [3.05, 3.63) is 24.0 Å². The highest BCUT2D eigenvalue weighted by Crippen LogP contribution is 2.18. The van der Waals surface area contributed by atoms with Crippen LogP contribution in [0.15, 0.2) is 23.1 Å². The minimum atomic E-state index is -3.19. The summed E-state index contributed by atoms with van der Waals surface area (Å²) in [4.78, 5) is 7.88. The quantitative estimate of drug-likeness (QED) is 0.891. The Kier molecular flexibility index (Phi) is 3.40. The molecule has 1 heterocycles. The Morgan fingerprint density at radius 1 is 1.37 bits per heavy atom. The number of nitrogens with two attached hydrogens (primary N) is 1. The SMILES string of the molecule is CC(C)(N)CCc1nc2ccc(S(C)(=O)=O)cc2[nH]1. The number of rotatable bonds is 4. The summed E-state index contributed by atoms with van der Waals surface area (Å²) in [6, 6.07) is 4.92. The monoisotopic (exact) mass is 281 g/mol. The first-order chi connectivity index (χ1) is 8.65. The maximum absolute atomic E-state index is 11.5. The summed E-state index contributed by atoms with van der Waals surface area (Å²) in [5, 5.41) is 0. The summed E-state index contributed by atoms with van der Waals surface area (Å²) in [6.45, 7) is 3.94. The lowest BCUT2D eigenvalue weighted by atomic mass is 10.0. The maximum Gasteiger partial charge on any atom is 0.175 e. The molecule has 2 rings (SSSR count). The standard InChI is InChI=1S/C13H19N3O2S/c1-13(2,14)7-6-12-15-10-5-4-9(19(3,17)18)8-11(10)16-12/h4-5,8H,6-7,14H2,1-3H3,(H,15,16). The molecule has 6 heteroatoms. The van der Waals surface area contributed by atoms with Gasteiger partial charge in [0.15, 0.2) is 9.84 Å². The first kappa shape index (κ1) is 14.0. The number of aromatic amines is 1. The molecule has 104 valence electrons. The number of imidazole rings is 1. The smallest absolute Gasteiger partial charge is 0.175 e. The third-order valence-corrected chi connectivity index (χ3v) is 4.05. The normalized spacial score (nSPS) is 13.1. The van der Waals surface area contributed by atoms with Gasteiger partial charge in [-0.2, -0.15) is 0 Å². The van der Waals surface area contributed by atoms with Gasteiger partial charge >= 0.3 is 0 Å². The number of nitrogens with one attached hydrogen (secondary N) is 1. The summed E-state index contributed by atoms with van der Waals surface area (Å²) < 4.78 is 23.0. The molecule has 0 radical (unpaired) electrons. The van der Waals surface area contributed by atoms with Crippen molar-refractivity contribution in [3.8, 4) is 0 Å². The molecule has 1 aromatic heterocycles. The molecule has 0 saturated carbocycles. The summed E-state index contributed by atoms with van der Waals surface area (Å²) in [5.74, 6) is 0.833. The molecular weight excluding hydrogens is 262 g/mol. The third kappa shape index (κ3) is 3.54. The number of aryl methyl sites for hydroxylation is 1. The molecule has 0 unspecified atom stereocenters. The Balaban J connectivity index is 2.31. The average Bonchev–Trinajstić information content (AvgIpc) is 2.65. The largest absolute Gasteiger partial charge is 0.342 e. The highest BCUT2D eigenvalue weighted by atomic mass is 32.2. The second-order valence-electron chi connectivity index (χ2n) is 5.62. The topological polar surface area (TPSA) is 88.8 Å². The summed E-state index contributed by atoms with van der Waals surface area (Å²) >= 11 is 0. The van der Waals surface area contributed by atoms with E-state index in [9.17, 15) is 8.42 Å². The predicted molar refractivity (Wildman–Crippen MR) is 75.8 cm³/mol. The Labute approximate surface area is 113 Å². The first-order valence-corrected chi connectivity index (χ1v) is 8.02. The van der Waals surface area contributed by atoms with E-state index >= 15 is 0 Å². The van der Waals surface area contributed by atoms with E-state index in [1.807, 2.05) is 13.8 Å². The van der Waals surface area contributed by atoms with E-state index < -0.39 is 9.84 Å². The van der Waals surface area contributed by atoms with Gasteiger partial charge in [-0.15, -0.1) is 0 Å². The predicted octanol–water partition coefficient (Wildman–Crippen LogP) is 1.64. The molecular formula is C13H19N3O2S. The molecule has 0 bridgehead atoms. The number of hydrogen-bond acceptors (Lipinski definition) is 4. The van der Waals surface area contributed by atoms with Crippen molar-refractivity contribution in [2.75, 3.05) is 6.26 Å². The van der Waals surface area contributed by atoms with Crippen molar-refractivity contribution in [3.63, 3.8) is 0 Å². The Bertz CT molecular complexity index is 696. The van der Waals surface area contributed by atoms with E-state index in [4.69, 9.17) is 5.73 Å². The fourth-order valence-electron chi connectivity index (χ4n) is 1.83. The van der Waals surface area contributed by atoms with Crippen LogP contribution in [0.5, 0.6) is 0 Å². The van der Waals surface area contributed by atoms with Gasteiger partial charge in [-0.05, 0) is 38.5 Å². The lowest BCUT2D eigenvalue weighted by Crippen LogP contribution is -2.32. The van der Waals surface area contributed by atoms with Gasteiger partial charge in [-0.25, -0.2) is 13.4 Å². The first-order valence-electron chi connectivity index (χ1n) is 6.13. The lowest BCUT2D eigenvalue weighted by molar-refractivity contribution is 0.472. The molecule has 0 fully saturated rings. The van der Waals surface area contributed by atoms with Crippen molar-refractivity contribution in [2.24, 2.45) is 5.73 Å². The zero-order chi connectivity index (χ0) is 14.3. The third-order valence-electron chi connectivity index (χ3n) is 2.94. The van der Waals surface area contributed by atoms with E-state index in [0.717, 1.165) is 29.7 Å². The average molecular weight is 281 g/mol. The Hall–Kier alpha value is -1.40. The van der Waals surface area contributed by atoms with Crippen LogP contribution < -0.4 is 5.73 Å². The zero-order valence-electron chi connectivity index (χ0n) is 11.4. The molecule has 0 spiro atoms. The van der Waals surface area contributed by atoms with Crippen LogP contribution in [-0.2, 0) is 16.3 Å². The molecule has 19 heavy (non-hydrogen) atoms. The molecule has 0 aliphatic heterocycles. The van der Waals surface area contributed by atoms with Crippen LogP contribution in [0, 0.1) is 0 Å². The molecule has 0 atom stereocenters. The molecule has 3 N–H and O–H groups in total. The fourth-order valence-corrected chi connectivity index (χ4v) is 2.48. The lowest BCUT2D eigenvalue weighted by Gasteiger charge is -2.16. The summed E-state index contributed by atoms with van der Waals surface area (Å²) in [7, 11) is -3.19. The van der Waals surface area contributed by atoms with Crippen molar-refractivity contribution >= 4 is 20.9 Å². The van der Waals surface area contributed by atoms with Gasteiger partial charge in [0.2, 0.25) is 0 Å². The second-order valence-corrected chi connectivity index (χ2v) is 7.64. The van der Waals surface area contributed by atoms with Crippen molar-refractivity contribution in [1.29, 1.82) is 0 Å². The highest BCUT2D eigenvalue weighted by Gasteiger charge is 2.13. The molecule has 0 aliphatic rings. The number of aromatic nitrogens is 2. The van der Waals surface area contributed by atoms with E-state index in [2.05, 4.69) is 9.97 Å². The molecule has 0 aliphatic carbocycles. The van der Waals surface area contributed by atoms with E-state index in [0.29, 0.717) is 4.90 Å². The van der Waals surface area contributed by atoms with Crippen LogP contribution >= 0.6 is 0 Å². The van der Waals surface area contributed by atoms with Gasteiger partial charge in [0.25, 0.3) is 0 Å². The minimum Gasteiger partial charge on any atom is -0.342 e. The van der Waals surface area contributed by atoms with Crippen molar-refractivity contribution < 1.29 is 8.42 Å². The van der Waals surface area contributed by atoms with E-state index in [-0.39, 0.29) is 5.54 Å². The Morgan fingerprint density at radius 2 is 2.05 bits per heavy atom. The van der Waals surface area contributed by atoms with E-state index in [1.54, 1.807) is 18.2 Å². The second kappa shape index (κ2) is 4.61. The van der Waals surface area contributed by atoms with Crippen LogP contribution in [-0.4, -0.2) is 30.2 Å². The highest BCUT2D eigenvalue weighted by molar-refractivity contribution is 7.90. The van der Waals surface area contributed by atoms with Crippen LogP contribution in [0.2, 0.25) is 0 Å². The zero-order valence-corrected chi connectivity index (χ0v) is 12.2. The van der Waals surface area contributed by atoms with Crippen molar-refractivity contribution in [2.45, 2.75) is 37.1 Å². The number of benzene rings is 1. The van der Waals surface area contributed by atoms with Gasteiger partial charge in [0.1, 0.15) is 5.82 Å². The summed E-state index contributed by atoms with van der Waals surface area (Å²) in [6.07, 6.45) is 2.75. The van der Waals surface area contributed by atoms with Crippen LogP contribution in [0.3, 0.4) is 0 Å². The molecule has 5 nitrogen and oxygen atoms in total.